The van der Waals surface area contributed by atoms with Crippen molar-refractivity contribution in [2.24, 2.45) is 23.5 Å². The van der Waals surface area contributed by atoms with Crippen molar-refractivity contribution in [3.63, 3.8) is 0 Å². The van der Waals surface area contributed by atoms with E-state index < -0.39 is 17.9 Å². The quantitative estimate of drug-likeness (QED) is 0.641. The molecule has 3 atom stereocenters. The highest BCUT2D eigenvalue weighted by atomic mass is 16.4. The van der Waals surface area contributed by atoms with Gasteiger partial charge in [0.1, 0.15) is 6.04 Å². The first kappa shape index (κ1) is 13.8. The molecule has 0 aliphatic heterocycles. The maximum absolute atomic E-state index is 12.0. The highest BCUT2D eigenvalue weighted by Crippen LogP contribution is 2.55. The van der Waals surface area contributed by atoms with E-state index in [1.165, 1.54) is 0 Å². The van der Waals surface area contributed by atoms with Crippen LogP contribution in [-0.4, -0.2) is 28.9 Å². The fourth-order valence-electron chi connectivity index (χ4n) is 3.19. The molecule has 4 N–H and O–H groups in total. The highest BCUT2D eigenvalue weighted by Gasteiger charge is 2.55. The van der Waals surface area contributed by atoms with Crippen LogP contribution in [0.25, 0.3) is 0 Å². The maximum Gasteiger partial charge on any atom is 0.326 e. The Hall–Kier alpha value is -1.59. The average molecular weight is 268 g/mol. The molecule has 6 heteroatoms. The van der Waals surface area contributed by atoms with Crippen LogP contribution >= 0.6 is 0 Å². The number of nitrogens with one attached hydrogen (secondary N) is 1. The van der Waals surface area contributed by atoms with Crippen LogP contribution in [0.2, 0.25) is 0 Å². The molecule has 2 saturated carbocycles. The van der Waals surface area contributed by atoms with Crippen molar-refractivity contribution >= 4 is 17.8 Å². The molecule has 0 spiro atoms. The molecule has 0 aromatic carbocycles. The van der Waals surface area contributed by atoms with Gasteiger partial charge >= 0.3 is 5.97 Å². The third-order valence-corrected chi connectivity index (χ3v) is 4.25. The van der Waals surface area contributed by atoms with Gasteiger partial charge in [0.2, 0.25) is 11.8 Å². The molecule has 0 heterocycles. The monoisotopic (exact) mass is 268 g/mol. The minimum atomic E-state index is -1.11. The summed E-state index contributed by atoms with van der Waals surface area (Å²) >= 11 is 0. The van der Waals surface area contributed by atoms with Crippen LogP contribution in [0.1, 0.15) is 38.5 Å². The smallest absolute Gasteiger partial charge is 0.326 e. The van der Waals surface area contributed by atoms with Gasteiger partial charge in [0.25, 0.3) is 0 Å². The summed E-state index contributed by atoms with van der Waals surface area (Å²) in [5, 5.41) is 11.6. The van der Waals surface area contributed by atoms with Crippen LogP contribution < -0.4 is 11.1 Å². The van der Waals surface area contributed by atoms with Crippen molar-refractivity contribution in [3.8, 4) is 0 Å². The number of aliphatic carboxylic acids is 1. The zero-order valence-electron chi connectivity index (χ0n) is 10.8. The van der Waals surface area contributed by atoms with E-state index >= 15 is 0 Å². The van der Waals surface area contributed by atoms with Crippen molar-refractivity contribution in [2.75, 3.05) is 0 Å². The lowest BCUT2D eigenvalue weighted by molar-refractivity contribution is -0.142. The Morgan fingerprint density at radius 2 is 1.79 bits per heavy atom. The Kier molecular flexibility index (Phi) is 4.07. The minimum absolute atomic E-state index is 0.0158. The summed E-state index contributed by atoms with van der Waals surface area (Å²) in [7, 11) is 0. The Morgan fingerprint density at radius 3 is 2.26 bits per heavy atom. The van der Waals surface area contributed by atoms with Crippen LogP contribution in [0.5, 0.6) is 0 Å². The molecule has 2 aliphatic rings. The molecule has 0 radical (unpaired) electrons. The molecular formula is C13H20N2O4. The average Bonchev–Trinajstić information content (AvgIpc) is 3.07. The van der Waals surface area contributed by atoms with Gasteiger partial charge in [0.15, 0.2) is 0 Å². The molecule has 2 amide bonds. The number of hydrogen-bond donors (Lipinski definition) is 3. The van der Waals surface area contributed by atoms with Gasteiger partial charge < -0.3 is 16.2 Å². The Balaban J connectivity index is 1.85. The summed E-state index contributed by atoms with van der Waals surface area (Å²) < 4.78 is 0. The van der Waals surface area contributed by atoms with E-state index in [0.717, 1.165) is 25.7 Å². The predicted octanol–water partition coefficient (Wildman–Crippen LogP) is 0.257. The van der Waals surface area contributed by atoms with Crippen molar-refractivity contribution in [3.05, 3.63) is 0 Å². The summed E-state index contributed by atoms with van der Waals surface area (Å²) in [5.74, 6) is -0.968. The minimum Gasteiger partial charge on any atom is -0.480 e. The van der Waals surface area contributed by atoms with Crippen LogP contribution in [0.15, 0.2) is 0 Å². The molecule has 0 aromatic heterocycles. The molecular weight excluding hydrogens is 248 g/mol. The topological polar surface area (TPSA) is 109 Å². The number of amides is 2. The van der Waals surface area contributed by atoms with Gasteiger partial charge in [-0.15, -0.1) is 0 Å². The fourth-order valence-corrected chi connectivity index (χ4v) is 3.19. The summed E-state index contributed by atoms with van der Waals surface area (Å²) in [5.41, 5.74) is 4.99. The summed E-state index contributed by atoms with van der Waals surface area (Å²) in [6.07, 6.45) is 4.49. The van der Waals surface area contributed by atoms with E-state index in [1.807, 2.05) is 0 Å². The Morgan fingerprint density at radius 1 is 1.21 bits per heavy atom. The number of hydrogen-bond acceptors (Lipinski definition) is 3. The molecule has 0 bridgehead atoms. The molecule has 0 saturated heterocycles. The standard InChI is InChI=1S/C13H20N2O4/c14-10(16)6-5-9(13(18)19)15-12(17)11-7-3-1-2-4-8(7)11/h7-9,11H,1-6H2,(H2,14,16)(H,15,17)(H,18,19). The second-order valence-corrected chi connectivity index (χ2v) is 5.54. The number of nitrogens with two attached hydrogens (primary N) is 1. The molecule has 6 nitrogen and oxygen atoms in total. The lowest BCUT2D eigenvalue weighted by Crippen LogP contribution is -2.42. The molecule has 2 fully saturated rings. The molecule has 2 aliphatic carbocycles. The number of fused-ring (bicyclic) bond motifs is 1. The largest absolute Gasteiger partial charge is 0.480 e. The van der Waals surface area contributed by atoms with Gasteiger partial charge in [0, 0.05) is 12.3 Å². The van der Waals surface area contributed by atoms with Crippen molar-refractivity contribution in [1.82, 2.24) is 5.32 Å². The Bertz CT molecular complexity index is 384. The van der Waals surface area contributed by atoms with E-state index in [9.17, 15) is 14.4 Å². The number of primary amides is 1. The number of carbonyl (C=O) groups excluding carboxylic acids is 2. The highest BCUT2D eigenvalue weighted by molar-refractivity contribution is 5.87. The van der Waals surface area contributed by atoms with Crippen molar-refractivity contribution in [1.29, 1.82) is 0 Å². The lowest BCUT2D eigenvalue weighted by Gasteiger charge is -2.13. The first-order valence-corrected chi connectivity index (χ1v) is 6.82. The van der Waals surface area contributed by atoms with E-state index in [4.69, 9.17) is 10.8 Å². The SMILES string of the molecule is NC(=O)CCC(NC(=O)C1C2CCCCC21)C(=O)O. The normalized spacial score (nSPS) is 30.0. The van der Waals surface area contributed by atoms with E-state index in [-0.39, 0.29) is 24.7 Å². The Labute approximate surface area is 111 Å². The molecule has 0 aromatic rings. The summed E-state index contributed by atoms with van der Waals surface area (Å²) in [6, 6.07) is -1.01. The second-order valence-electron chi connectivity index (χ2n) is 5.54. The third kappa shape index (κ3) is 3.24. The zero-order valence-corrected chi connectivity index (χ0v) is 10.8. The molecule has 3 unspecified atom stereocenters. The van der Waals surface area contributed by atoms with Crippen LogP contribution in [0, 0.1) is 17.8 Å². The first-order chi connectivity index (χ1) is 9.00. The fraction of sp³-hybridized carbons (Fsp3) is 0.769. The third-order valence-electron chi connectivity index (χ3n) is 4.25. The van der Waals surface area contributed by atoms with Gasteiger partial charge in [-0.2, -0.15) is 0 Å². The van der Waals surface area contributed by atoms with Crippen LogP contribution in [0.4, 0.5) is 0 Å². The molecule has 2 rings (SSSR count). The number of carbonyl (C=O) groups is 3. The van der Waals surface area contributed by atoms with E-state index in [1.54, 1.807) is 0 Å². The van der Waals surface area contributed by atoms with Gasteiger partial charge in [-0.3, -0.25) is 9.59 Å². The van der Waals surface area contributed by atoms with Gasteiger partial charge in [-0.1, -0.05) is 12.8 Å². The first-order valence-electron chi connectivity index (χ1n) is 6.82. The van der Waals surface area contributed by atoms with Crippen LogP contribution in [-0.2, 0) is 14.4 Å². The number of rotatable bonds is 6. The zero-order chi connectivity index (χ0) is 14.0. The van der Waals surface area contributed by atoms with Gasteiger partial charge in [-0.25, -0.2) is 4.79 Å². The molecule has 106 valence electrons. The summed E-state index contributed by atoms with van der Waals surface area (Å²) in [4.78, 5) is 33.8. The lowest BCUT2D eigenvalue weighted by atomic mass is 10.0. The van der Waals surface area contributed by atoms with Crippen LogP contribution in [0.3, 0.4) is 0 Å². The predicted molar refractivity (Wildman–Crippen MR) is 66.9 cm³/mol. The number of carboxylic acid groups (broad SMARTS) is 1. The van der Waals surface area contributed by atoms with Gasteiger partial charge in [-0.05, 0) is 31.1 Å². The van der Waals surface area contributed by atoms with E-state index in [2.05, 4.69) is 5.32 Å². The van der Waals surface area contributed by atoms with Crippen molar-refractivity contribution < 1.29 is 19.5 Å². The summed E-state index contributed by atoms with van der Waals surface area (Å²) in [6.45, 7) is 0. The second kappa shape index (κ2) is 5.59. The van der Waals surface area contributed by atoms with Gasteiger partial charge in [0.05, 0.1) is 0 Å². The van der Waals surface area contributed by atoms with E-state index in [0.29, 0.717) is 11.8 Å². The number of carboxylic acids is 1. The molecule has 19 heavy (non-hydrogen) atoms. The van der Waals surface area contributed by atoms with Crippen molar-refractivity contribution in [2.45, 2.75) is 44.6 Å². The maximum atomic E-state index is 12.0.